The maximum absolute atomic E-state index is 13.4. The Hall–Kier alpha value is -3.48. The van der Waals surface area contributed by atoms with Gasteiger partial charge in [0.25, 0.3) is 0 Å². The van der Waals surface area contributed by atoms with Crippen LogP contribution in [0.25, 0.3) is 11.1 Å². The summed E-state index contributed by atoms with van der Waals surface area (Å²) in [4.78, 5) is 39.7. The molecular formula is C31H40N2O8S2. The average molecular weight is 633 g/mol. The zero-order chi connectivity index (χ0) is 31.8. The van der Waals surface area contributed by atoms with Crippen molar-refractivity contribution in [2.45, 2.75) is 66.0 Å². The van der Waals surface area contributed by atoms with Crippen molar-refractivity contribution in [1.29, 1.82) is 0 Å². The molecule has 0 spiro atoms. The number of nitrogens with one attached hydrogen (secondary N) is 2. The molecular weight excluding hydrogens is 592 g/mol. The Morgan fingerprint density at radius 2 is 1.77 bits per heavy atom. The van der Waals surface area contributed by atoms with Crippen LogP contribution in [0.1, 0.15) is 68.5 Å². The summed E-state index contributed by atoms with van der Waals surface area (Å²) >= 11 is 1.28. The van der Waals surface area contributed by atoms with Gasteiger partial charge in [0.15, 0.2) is 11.3 Å². The number of carbonyl (C=O) groups is 3. The molecule has 0 bridgehead atoms. The number of Topliss-reactive ketones (excluding diaryl/α,β-unsaturated/α-hetero) is 1. The topological polar surface area (TPSA) is 141 Å². The molecule has 3 aromatic rings. The van der Waals surface area contributed by atoms with Crippen LogP contribution in [0.4, 0.5) is 9.80 Å². The van der Waals surface area contributed by atoms with E-state index >= 15 is 0 Å². The van der Waals surface area contributed by atoms with Crippen molar-refractivity contribution in [1.82, 2.24) is 5.32 Å². The van der Waals surface area contributed by atoms with Crippen molar-refractivity contribution in [2.24, 2.45) is 11.8 Å². The Labute approximate surface area is 257 Å². The van der Waals surface area contributed by atoms with Crippen molar-refractivity contribution < 1.29 is 36.7 Å². The number of methoxy groups -OCH3 is 1. The van der Waals surface area contributed by atoms with Crippen molar-refractivity contribution >= 4 is 43.4 Å². The van der Waals surface area contributed by atoms with E-state index in [0.29, 0.717) is 22.9 Å². The molecule has 234 valence electrons. The number of hydrogen-bond acceptors (Lipinski definition) is 10. The summed E-state index contributed by atoms with van der Waals surface area (Å²) in [5.41, 5.74) is 0.442. The second kappa shape index (κ2) is 14.8. The lowest BCUT2D eigenvalue weighted by Gasteiger charge is -2.33. The SMILES string of the molecule is CCCCOC(=O)S(=O)(=O)Nc1sc(CC(C)C)cc1-c1ccc(CNC(C(=O)OC)(C(=O)c2ccco2)C(C)C)cc1. The van der Waals surface area contributed by atoms with E-state index in [0.717, 1.165) is 28.8 Å². The first-order valence-corrected chi connectivity index (χ1v) is 16.5. The Morgan fingerprint density at radius 3 is 2.33 bits per heavy atom. The van der Waals surface area contributed by atoms with Gasteiger partial charge in [-0.05, 0) is 54.0 Å². The molecule has 0 aliphatic rings. The van der Waals surface area contributed by atoms with Crippen molar-refractivity contribution in [3.8, 4) is 11.1 Å². The minimum absolute atomic E-state index is 0.0306. The number of rotatable bonds is 15. The molecule has 0 amide bonds. The minimum atomic E-state index is -4.41. The summed E-state index contributed by atoms with van der Waals surface area (Å²) in [6.45, 7) is 9.74. The Morgan fingerprint density at radius 1 is 1.07 bits per heavy atom. The van der Waals surface area contributed by atoms with E-state index in [2.05, 4.69) is 23.9 Å². The minimum Gasteiger partial charge on any atom is -0.467 e. The van der Waals surface area contributed by atoms with Gasteiger partial charge in [0.2, 0.25) is 5.78 Å². The number of thiophene rings is 1. The van der Waals surface area contributed by atoms with Gasteiger partial charge in [-0.15, -0.1) is 11.3 Å². The monoisotopic (exact) mass is 632 g/mol. The van der Waals surface area contributed by atoms with Gasteiger partial charge in [-0.2, -0.15) is 8.42 Å². The lowest BCUT2D eigenvalue weighted by molar-refractivity contribution is -0.148. The van der Waals surface area contributed by atoms with E-state index in [-0.39, 0.29) is 18.9 Å². The number of carbonyl (C=O) groups excluding carboxylic acids is 3. The Balaban J connectivity index is 1.88. The highest BCUT2D eigenvalue weighted by molar-refractivity contribution is 8.07. The Kier molecular flexibility index (Phi) is 11.7. The number of furan rings is 1. The van der Waals surface area contributed by atoms with Crippen molar-refractivity contribution in [3.05, 3.63) is 64.9 Å². The third kappa shape index (κ3) is 8.12. The maximum Gasteiger partial charge on any atom is 0.445 e. The second-order valence-corrected chi connectivity index (χ2v) is 13.6. The largest absolute Gasteiger partial charge is 0.467 e. The molecule has 0 aliphatic carbocycles. The first-order chi connectivity index (χ1) is 20.3. The molecule has 1 atom stereocenters. The van der Waals surface area contributed by atoms with Crippen molar-refractivity contribution in [3.63, 3.8) is 0 Å². The fourth-order valence-electron chi connectivity index (χ4n) is 4.53. The summed E-state index contributed by atoms with van der Waals surface area (Å²) in [7, 11) is -3.18. The molecule has 0 saturated heterocycles. The van der Waals surface area contributed by atoms with Crippen molar-refractivity contribution in [2.75, 3.05) is 18.4 Å². The van der Waals surface area contributed by atoms with E-state index < -0.39 is 38.5 Å². The summed E-state index contributed by atoms with van der Waals surface area (Å²) in [6, 6.07) is 12.3. The fourth-order valence-corrected chi connectivity index (χ4v) is 6.84. The van der Waals surface area contributed by atoms with Crippen LogP contribution < -0.4 is 10.0 Å². The van der Waals surface area contributed by atoms with Gasteiger partial charge in [0.1, 0.15) is 5.00 Å². The maximum atomic E-state index is 13.4. The number of hydrogen-bond donors (Lipinski definition) is 2. The van der Waals surface area contributed by atoms with Gasteiger partial charge in [-0.25, -0.2) is 9.59 Å². The molecule has 10 nitrogen and oxygen atoms in total. The number of esters is 1. The molecule has 2 heterocycles. The standard InChI is InChI=1S/C31H40N2O8S2/c1-7-8-15-41-30(36)43(37,38)33-28-25(18-24(42-28)17-20(2)3)23-13-11-22(12-14-23)19-32-31(21(4)5,29(35)39-6)27(34)26-10-9-16-40-26/h9-14,16,18,20-21,32-33H,7-8,15,17,19H2,1-6H3. The number of ketones is 1. The van der Waals surface area contributed by atoms with Crippen LogP contribution in [0.2, 0.25) is 0 Å². The van der Waals surface area contributed by atoms with Crippen LogP contribution >= 0.6 is 11.3 Å². The smallest absolute Gasteiger partial charge is 0.445 e. The number of sulfonamides is 1. The molecule has 1 unspecified atom stereocenters. The third-order valence-corrected chi connectivity index (χ3v) is 9.10. The first-order valence-electron chi connectivity index (χ1n) is 14.2. The highest BCUT2D eigenvalue weighted by Gasteiger charge is 2.51. The molecule has 0 saturated carbocycles. The predicted molar refractivity (Wildman–Crippen MR) is 167 cm³/mol. The van der Waals surface area contributed by atoms with Crippen LogP contribution in [0.3, 0.4) is 0 Å². The average Bonchev–Trinajstić information content (AvgIpc) is 3.63. The number of benzene rings is 1. The predicted octanol–water partition coefficient (Wildman–Crippen LogP) is 6.43. The third-order valence-electron chi connectivity index (χ3n) is 6.87. The molecule has 0 fully saturated rings. The highest BCUT2D eigenvalue weighted by atomic mass is 32.2. The van der Waals surface area contributed by atoms with Crippen LogP contribution in [0.15, 0.2) is 53.1 Å². The molecule has 0 aliphatic heterocycles. The van der Waals surface area contributed by atoms with E-state index in [1.165, 1.54) is 30.8 Å². The van der Waals surface area contributed by atoms with Crippen LogP contribution in [0, 0.1) is 11.8 Å². The molecule has 3 rings (SSSR count). The summed E-state index contributed by atoms with van der Waals surface area (Å²) < 4.78 is 43.2. The molecule has 12 heteroatoms. The van der Waals surface area contributed by atoms with Gasteiger partial charge in [-0.3, -0.25) is 14.8 Å². The quantitative estimate of drug-likeness (QED) is 0.0840. The normalized spacial score (nSPS) is 13.1. The zero-order valence-electron chi connectivity index (χ0n) is 25.4. The summed E-state index contributed by atoms with van der Waals surface area (Å²) in [5.74, 6) is -1.34. The van der Waals surface area contributed by atoms with Crippen LogP contribution in [-0.4, -0.2) is 44.7 Å². The number of ether oxygens (including phenoxy) is 2. The lowest BCUT2D eigenvalue weighted by Crippen LogP contribution is -2.62. The van der Waals surface area contributed by atoms with E-state index in [9.17, 15) is 22.8 Å². The lowest BCUT2D eigenvalue weighted by atomic mass is 9.81. The second-order valence-electron chi connectivity index (χ2n) is 10.9. The van der Waals surface area contributed by atoms with E-state index in [1.807, 2.05) is 37.3 Å². The fraction of sp³-hybridized carbons (Fsp3) is 0.452. The number of unbranched alkanes of at least 4 members (excludes halogenated alkanes) is 1. The summed E-state index contributed by atoms with van der Waals surface area (Å²) in [6.07, 6.45) is 3.44. The number of anilines is 1. The molecule has 2 aromatic heterocycles. The van der Waals surface area contributed by atoms with E-state index in [1.54, 1.807) is 19.9 Å². The van der Waals surface area contributed by atoms with Gasteiger partial charge >= 0.3 is 21.3 Å². The van der Waals surface area contributed by atoms with E-state index in [4.69, 9.17) is 13.9 Å². The van der Waals surface area contributed by atoms with Gasteiger partial charge in [-0.1, -0.05) is 65.3 Å². The molecule has 2 N–H and O–H groups in total. The molecule has 1 aromatic carbocycles. The highest BCUT2D eigenvalue weighted by Crippen LogP contribution is 2.38. The van der Waals surface area contributed by atoms with Gasteiger partial charge in [0, 0.05) is 17.0 Å². The van der Waals surface area contributed by atoms with Gasteiger partial charge < -0.3 is 13.9 Å². The van der Waals surface area contributed by atoms with Crippen LogP contribution in [0.5, 0.6) is 0 Å². The zero-order valence-corrected chi connectivity index (χ0v) is 27.0. The first kappa shape index (κ1) is 34.0. The molecule has 0 radical (unpaired) electrons. The summed E-state index contributed by atoms with van der Waals surface area (Å²) in [5, 5.41) is 2.14. The van der Waals surface area contributed by atoms with Gasteiger partial charge in [0.05, 0.1) is 20.0 Å². The van der Waals surface area contributed by atoms with Crippen LogP contribution in [-0.2, 0) is 37.3 Å². The molecule has 43 heavy (non-hydrogen) atoms. The Bertz CT molecular complexity index is 1490.